The van der Waals surface area contributed by atoms with Gasteiger partial charge >= 0.3 is 0 Å². The van der Waals surface area contributed by atoms with Gasteiger partial charge in [-0.05, 0) is 29.2 Å². The van der Waals surface area contributed by atoms with Crippen LogP contribution in [-0.2, 0) is 4.79 Å². The summed E-state index contributed by atoms with van der Waals surface area (Å²) < 4.78 is 0. The van der Waals surface area contributed by atoms with Gasteiger partial charge in [0.2, 0.25) is 5.91 Å². The number of nitrogens with two attached hydrogens (primary N) is 1. The maximum Gasteiger partial charge on any atom is 0.233 e. The second-order valence-electron chi connectivity index (χ2n) is 5.39. The smallest absolute Gasteiger partial charge is 0.233 e. The summed E-state index contributed by atoms with van der Waals surface area (Å²) in [5.74, 6) is -0.257. The molecule has 0 heterocycles. The molecule has 0 saturated heterocycles. The predicted octanol–water partition coefficient (Wildman–Crippen LogP) is 2.34. The van der Waals surface area contributed by atoms with E-state index in [-0.39, 0.29) is 11.3 Å². The van der Waals surface area contributed by atoms with E-state index >= 15 is 0 Å². The summed E-state index contributed by atoms with van der Waals surface area (Å²) in [6.45, 7) is 2.13. The maximum atomic E-state index is 12.3. The van der Waals surface area contributed by atoms with Crippen LogP contribution in [0.25, 0.3) is 0 Å². The van der Waals surface area contributed by atoms with E-state index < -0.39 is 5.41 Å². The number of carbonyl (C=O) groups excluding carboxylic acids is 1. The lowest BCUT2D eigenvalue weighted by Crippen LogP contribution is -2.49. The molecule has 0 spiro atoms. The number of allylic oxidation sites excluding steroid dienone is 10. The molecule has 0 unspecified atom stereocenters. The molecule has 0 saturated carbocycles. The first-order valence-electron chi connectivity index (χ1n) is 6.14. The van der Waals surface area contributed by atoms with E-state index in [0.29, 0.717) is 0 Å². The first-order valence-corrected chi connectivity index (χ1v) is 6.14. The van der Waals surface area contributed by atoms with Gasteiger partial charge in [-0.3, -0.25) is 4.79 Å². The monoisotopic (exact) mass is 235 g/mol. The fraction of sp³-hybridized carbons (Fsp3) is 0.188. The third-order valence-electron chi connectivity index (χ3n) is 4.91. The van der Waals surface area contributed by atoms with Crippen molar-refractivity contribution in [2.24, 2.45) is 16.6 Å². The van der Waals surface area contributed by atoms with Crippen molar-refractivity contribution >= 4 is 5.91 Å². The first-order chi connectivity index (χ1) is 8.61. The third-order valence-corrected chi connectivity index (χ3v) is 4.91. The minimum atomic E-state index is -0.704. The summed E-state index contributed by atoms with van der Waals surface area (Å²) in [4.78, 5) is 12.3. The molecule has 0 aliphatic heterocycles. The van der Waals surface area contributed by atoms with Crippen LogP contribution in [0.15, 0.2) is 70.9 Å². The van der Waals surface area contributed by atoms with Crippen LogP contribution in [0.5, 0.6) is 0 Å². The largest absolute Gasteiger partial charge is 0.369 e. The topological polar surface area (TPSA) is 43.1 Å². The second kappa shape index (κ2) is 2.66. The van der Waals surface area contributed by atoms with Crippen molar-refractivity contribution in [3.05, 3.63) is 70.9 Å². The quantitative estimate of drug-likeness (QED) is 0.784. The van der Waals surface area contributed by atoms with E-state index in [1.807, 2.05) is 24.3 Å². The van der Waals surface area contributed by atoms with Crippen molar-refractivity contribution < 1.29 is 4.79 Å². The Kier molecular flexibility index (Phi) is 1.46. The molecule has 0 radical (unpaired) electrons. The zero-order chi connectivity index (χ0) is 12.5. The average molecular weight is 235 g/mol. The molecule has 4 bridgehead atoms. The lowest BCUT2D eigenvalue weighted by molar-refractivity contribution is -0.126. The molecule has 2 N–H and O–H groups in total. The van der Waals surface area contributed by atoms with Gasteiger partial charge in [-0.1, -0.05) is 48.6 Å². The Bertz CT molecular complexity index is 636. The number of carbonyl (C=O) groups is 1. The first kappa shape index (κ1) is 9.89. The molecule has 0 aromatic rings. The SMILES string of the molecule is CC1(C2(C(N)=O)C3=CC=C2C=C3)C2=CC=C1C=C2. The summed E-state index contributed by atoms with van der Waals surface area (Å²) in [5, 5.41) is 0. The van der Waals surface area contributed by atoms with Crippen LogP contribution in [0.1, 0.15) is 6.92 Å². The van der Waals surface area contributed by atoms with Gasteiger partial charge in [0.1, 0.15) is 5.41 Å². The zero-order valence-electron chi connectivity index (χ0n) is 10.1. The van der Waals surface area contributed by atoms with Gasteiger partial charge in [-0.2, -0.15) is 0 Å². The molecule has 4 aliphatic rings. The molecule has 4 rings (SSSR count). The lowest BCUT2D eigenvalue weighted by Gasteiger charge is -2.43. The Hall–Kier alpha value is -2.09. The third kappa shape index (κ3) is 0.716. The molecule has 0 aromatic carbocycles. The van der Waals surface area contributed by atoms with Gasteiger partial charge in [0.15, 0.2) is 0 Å². The molecule has 18 heavy (non-hydrogen) atoms. The minimum absolute atomic E-state index is 0.257. The van der Waals surface area contributed by atoms with Crippen molar-refractivity contribution in [3.63, 3.8) is 0 Å². The molecule has 4 aliphatic carbocycles. The van der Waals surface area contributed by atoms with Crippen LogP contribution < -0.4 is 5.73 Å². The van der Waals surface area contributed by atoms with Crippen molar-refractivity contribution in [1.82, 2.24) is 0 Å². The van der Waals surface area contributed by atoms with Gasteiger partial charge in [-0.15, -0.1) is 0 Å². The Morgan fingerprint density at radius 2 is 1.28 bits per heavy atom. The number of hydrogen-bond acceptors (Lipinski definition) is 1. The van der Waals surface area contributed by atoms with Gasteiger partial charge in [0, 0.05) is 5.41 Å². The summed E-state index contributed by atoms with van der Waals surface area (Å²) in [5.41, 5.74) is 9.19. The van der Waals surface area contributed by atoms with Gasteiger partial charge < -0.3 is 5.73 Å². The second-order valence-corrected chi connectivity index (χ2v) is 5.39. The molecule has 0 fully saturated rings. The fourth-order valence-electron chi connectivity index (χ4n) is 3.98. The lowest BCUT2D eigenvalue weighted by atomic mass is 9.57. The number of fused-ring (bicyclic) bond motifs is 5. The Labute approximate surface area is 106 Å². The van der Waals surface area contributed by atoms with Crippen LogP contribution in [0, 0.1) is 10.8 Å². The van der Waals surface area contributed by atoms with Crippen LogP contribution >= 0.6 is 0 Å². The normalized spacial score (nSPS) is 27.2. The van der Waals surface area contributed by atoms with Crippen molar-refractivity contribution in [2.75, 3.05) is 0 Å². The maximum absolute atomic E-state index is 12.3. The number of rotatable bonds is 2. The molecule has 1 amide bonds. The number of amides is 1. The highest BCUT2D eigenvalue weighted by atomic mass is 16.1. The Morgan fingerprint density at radius 3 is 1.61 bits per heavy atom. The molecular formula is C16H13NO. The molecule has 2 heteroatoms. The highest BCUT2D eigenvalue weighted by Gasteiger charge is 2.63. The van der Waals surface area contributed by atoms with Gasteiger partial charge in [0.25, 0.3) is 0 Å². The van der Waals surface area contributed by atoms with E-state index in [9.17, 15) is 4.79 Å². The molecule has 88 valence electrons. The minimum Gasteiger partial charge on any atom is -0.369 e. The van der Waals surface area contributed by atoms with E-state index in [1.54, 1.807) is 0 Å². The van der Waals surface area contributed by atoms with Crippen molar-refractivity contribution in [1.29, 1.82) is 0 Å². The average Bonchev–Trinajstić information content (AvgIpc) is 3.08. The molecular weight excluding hydrogens is 222 g/mol. The standard InChI is InChI=1S/C16H13NO/c1-15(10-2-3-11(15)5-4-10)16(14(17)18)12-6-7-13(16)9-8-12/h2-9H,1H3,(H2,17,18). The Morgan fingerprint density at radius 1 is 0.889 bits per heavy atom. The Balaban J connectivity index is 2.03. The van der Waals surface area contributed by atoms with Crippen molar-refractivity contribution in [2.45, 2.75) is 6.92 Å². The molecule has 0 atom stereocenters. The van der Waals surface area contributed by atoms with Crippen molar-refractivity contribution in [3.8, 4) is 0 Å². The van der Waals surface area contributed by atoms with Gasteiger partial charge in [-0.25, -0.2) is 0 Å². The van der Waals surface area contributed by atoms with Crippen LogP contribution in [0.2, 0.25) is 0 Å². The summed E-state index contributed by atoms with van der Waals surface area (Å²) in [7, 11) is 0. The number of hydrogen-bond donors (Lipinski definition) is 1. The summed E-state index contributed by atoms with van der Waals surface area (Å²) in [6, 6.07) is 0. The number of primary amides is 1. The predicted molar refractivity (Wildman–Crippen MR) is 70.3 cm³/mol. The van der Waals surface area contributed by atoms with Gasteiger partial charge in [0.05, 0.1) is 0 Å². The van der Waals surface area contributed by atoms with Crippen LogP contribution in [0.4, 0.5) is 0 Å². The molecule has 0 aromatic heterocycles. The van der Waals surface area contributed by atoms with E-state index in [0.717, 1.165) is 11.1 Å². The summed E-state index contributed by atoms with van der Waals surface area (Å²) in [6.07, 6.45) is 16.5. The zero-order valence-corrected chi connectivity index (χ0v) is 10.1. The molecule has 2 nitrogen and oxygen atoms in total. The van der Waals surface area contributed by atoms with E-state index in [2.05, 4.69) is 31.2 Å². The highest BCUT2D eigenvalue weighted by Crippen LogP contribution is 2.66. The van der Waals surface area contributed by atoms with Crippen LogP contribution in [-0.4, -0.2) is 5.91 Å². The van der Waals surface area contributed by atoms with Crippen LogP contribution in [0.3, 0.4) is 0 Å². The fourth-order valence-corrected chi connectivity index (χ4v) is 3.98. The summed E-state index contributed by atoms with van der Waals surface area (Å²) >= 11 is 0. The van der Waals surface area contributed by atoms with E-state index in [4.69, 9.17) is 5.73 Å². The van der Waals surface area contributed by atoms with E-state index in [1.165, 1.54) is 11.1 Å². The highest BCUT2D eigenvalue weighted by molar-refractivity contribution is 5.96.